The van der Waals surface area contributed by atoms with Gasteiger partial charge >= 0.3 is 0 Å². The van der Waals surface area contributed by atoms with Gasteiger partial charge in [0.15, 0.2) is 5.78 Å². The first kappa shape index (κ1) is 56.8. The third-order valence-corrected chi connectivity index (χ3v) is 21.1. The fourth-order valence-electron chi connectivity index (χ4n) is 15.4. The predicted molar refractivity (Wildman–Crippen MR) is 384 cm³/mol. The van der Waals surface area contributed by atoms with Gasteiger partial charge in [-0.2, -0.15) is 0 Å². The van der Waals surface area contributed by atoms with Crippen LogP contribution >= 0.6 is 0 Å². The van der Waals surface area contributed by atoms with Crippen LogP contribution in [-0.4, -0.2) is 14.2 Å². The van der Waals surface area contributed by atoms with E-state index in [0.717, 1.165) is 68.0 Å². The highest BCUT2D eigenvalue weighted by Gasteiger charge is 2.53. The van der Waals surface area contributed by atoms with E-state index in [-0.39, 0.29) is 15.6 Å². The molecule has 95 heavy (non-hydrogen) atoms. The minimum Gasteiger partial charge on any atom is -0.310 e. The molecular formula is C87H60N4O3S. The lowest BCUT2D eigenvalue weighted by atomic mass is 9.60. The fraction of sp³-hybridized carbons (Fsp3) is 0.0230. The van der Waals surface area contributed by atoms with E-state index in [9.17, 15) is 13.2 Å². The average molecular weight is 1240 g/mol. The number of benzene rings is 14. The maximum absolute atomic E-state index is 13.5. The van der Waals surface area contributed by atoms with Gasteiger partial charge in [-0.05, 0) is 178 Å². The smallest absolute Gasteiger partial charge is 0.206 e. The van der Waals surface area contributed by atoms with Crippen molar-refractivity contribution in [1.82, 2.24) is 0 Å². The highest BCUT2D eigenvalue weighted by molar-refractivity contribution is 7.91. The Kier molecular flexibility index (Phi) is 13.7. The molecule has 14 aromatic rings. The molecule has 0 aliphatic carbocycles. The molecule has 0 N–H and O–H groups in total. The van der Waals surface area contributed by atoms with E-state index in [2.05, 4.69) is 287 Å². The molecule has 452 valence electrons. The molecule has 18 rings (SSSR count). The molecule has 4 heterocycles. The van der Waals surface area contributed by atoms with Gasteiger partial charge in [0, 0.05) is 33.9 Å². The van der Waals surface area contributed by atoms with Crippen LogP contribution < -0.4 is 19.6 Å². The van der Waals surface area contributed by atoms with Crippen molar-refractivity contribution < 1.29 is 13.2 Å². The van der Waals surface area contributed by atoms with E-state index < -0.39 is 20.7 Å². The van der Waals surface area contributed by atoms with Crippen molar-refractivity contribution in [2.45, 2.75) is 20.6 Å². The summed E-state index contributed by atoms with van der Waals surface area (Å²) in [4.78, 5) is 23.2. The first-order valence-electron chi connectivity index (χ1n) is 32.0. The summed E-state index contributed by atoms with van der Waals surface area (Å²) in [6.07, 6.45) is 0. The fourth-order valence-corrected chi connectivity index (χ4v) is 16.7. The minimum atomic E-state index is -3.65. The van der Waals surface area contributed by atoms with Crippen LogP contribution in [0.3, 0.4) is 0 Å². The van der Waals surface area contributed by atoms with Crippen molar-refractivity contribution in [2.24, 2.45) is 0 Å². The third-order valence-electron chi connectivity index (χ3n) is 19.3. The first-order valence-corrected chi connectivity index (χ1v) is 33.5. The zero-order valence-electron chi connectivity index (χ0n) is 51.6. The quantitative estimate of drug-likeness (QED) is 0.140. The molecule has 2 spiro atoms. The Bertz CT molecular complexity index is 5180. The molecule has 0 bridgehead atoms. The maximum atomic E-state index is 13.5. The summed E-state index contributed by atoms with van der Waals surface area (Å²) in [5.41, 5.74) is 22.9. The van der Waals surface area contributed by atoms with Crippen molar-refractivity contribution in [3.05, 3.63) is 420 Å². The van der Waals surface area contributed by atoms with Crippen molar-refractivity contribution in [1.29, 1.82) is 0 Å². The Balaban J connectivity index is 0.000000144. The van der Waals surface area contributed by atoms with Crippen molar-refractivity contribution in [2.75, 3.05) is 19.6 Å². The normalized spacial score (nSPS) is 13.9. The SMILES string of the molecule is O=C(c1ccccc1)c1ccc(N2c3ccccc3C3(c4ccccc4N(c4ccccc4)c4ccccc43)c3ccccc32)cc1.O=S(=O)(c1ccccc1)c1ccc(N2c3ccccc3C3(c4ccccc4N(c4ccccc4)c4ccccc43)c3ccccc32)cc1. The molecule has 8 heteroatoms. The van der Waals surface area contributed by atoms with Crippen LogP contribution in [0.4, 0.5) is 68.2 Å². The second-order valence-electron chi connectivity index (χ2n) is 24.2. The van der Waals surface area contributed by atoms with Gasteiger partial charge in [-0.1, -0.05) is 231 Å². The molecule has 0 fully saturated rings. The molecule has 14 aromatic carbocycles. The second kappa shape index (κ2) is 22.9. The number of hydrogen-bond acceptors (Lipinski definition) is 7. The zero-order chi connectivity index (χ0) is 63.7. The summed E-state index contributed by atoms with van der Waals surface area (Å²) < 4.78 is 26.9. The first-order chi connectivity index (χ1) is 46.9. The van der Waals surface area contributed by atoms with E-state index in [1.165, 1.54) is 44.8 Å². The van der Waals surface area contributed by atoms with Crippen LogP contribution in [0.1, 0.15) is 60.4 Å². The molecule has 4 aliphatic heterocycles. The summed E-state index contributed by atoms with van der Waals surface area (Å²) in [7, 11) is -3.65. The Morgan fingerprint density at radius 3 is 0.695 bits per heavy atom. The van der Waals surface area contributed by atoms with Gasteiger partial charge in [0.2, 0.25) is 9.84 Å². The van der Waals surface area contributed by atoms with E-state index in [1.54, 1.807) is 36.4 Å². The number of anilines is 12. The highest BCUT2D eigenvalue weighted by atomic mass is 32.2. The molecule has 0 amide bonds. The van der Waals surface area contributed by atoms with Gasteiger partial charge in [0.25, 0.3) is 0 Å². The topological polar surface area (TPSA) is 64.2 Å². The molecule has 0 unspecified atom stereocenters. The summed E-state index contributed by atoms with van der Waals surface area (Å²) in [6.45, 7) is 0. The molecule has 0 saturated heterocycles. The van der Waals surface area contributed by atoms with Crippen LogP contribution in [0, 0.1) is 0 Å². The number of carbonyl (C=O) groups is 1. The van der Waals surface area contributed by atoms with E-state index >= 15 is 0 Å². The minimum absolute atomic E-state index is 0.0222. The second-order valence-corrected chi connectivity index (χ2v) is 26.2. The number of para-hydroxylation sites is 10. The zero-order valence-corrected chi connectivity index (χ0v) is 52.4. The summed E-state index contributed by atoms with van der Waals surface area (Å²) in [6, 6.07) is 125. The largest absolute Gasteiger partial charge is 0.310 e. The maximum Gasteiger partial charge on any atom is 0.206 e. The van der Waals surface area contributed by atoms with Gasteiger partial charge < -0.3 is 19.6 Å². The van der Waals surface area contributed by atoms with E-state index in [4.69, 9.17) is 0 Å². The number of rotatable bonds is 8. The average Bonchev–Trinajstić information content (AvgIpc) is 0.684. The summed E-state index contributed by atoms with van der Waals surface area (Å²) in [5, 5.41) is 0. The Hall–Kier alpha value is -12.1. The van der Waals surface area contributed by atoms with Crippen LogP contribution in [-0.2, 0) is 20.7 Å². The number of nitrogens with zero attached hydrogens (tertiary/aromatic N) is 4. The standard InChI is InChI=1S/C44H30N2O.C43H30N2O2S/c47-43(31-15-3-1-4-16-31)32-27-29-34(30-28-32)46-41-25-13-9-21-37(41)44(38-22-10-14-26-42(38)46)35-19-7-11-23-39(35)45(33-17-5-2-6-18-33)40-24-12-8-20-36(40)44;46-48(47,33-17-5-2-6-18-33)34-29-27-32(28-30-34)45-41-25-13-9-21-37(41)43(38-22-10-14-26-42(38)45)35-19-7-11-23-39(35)44(31-15-3-1-4-16-31)40-24-12-8-20-36(40)43/h1-30H;1-30H. The van der Waals surface area contributed by atoms with Crippen LogP contribution in [0.5, 0.6) is 0 Å². The Labute approximate surface area is 553 Å². The van der Waals surface area contributed by atoms with Gasteiger partial charge in [0.1, 0.15) is 0 Å². The number of carbonyl (C=O) groups excluding carboxylic acids is 1. The predicted octanol–water partition coefficient (Wildman–Crippen LogP) is 21.3. The van der Waals surface area contributed by atoms with Crippen molar-refractivity contribution >= 4 is 83.9 Å². The summed E-state index contributed by atoms with van der Waals surface area (Å²) in [5.74, 6) is 0.0222. The van der Waals surface area contributed by atoms with Crippen molar-refractivity contribution in [3.63, 3.8) is 0 Å². The lowest BCUT2D eigenvalue weighted by Crippen LogP contribution is -2.41. The van der Waals surface area contributed by atoms with Gasteiger partial charge in [-0.25, -0.2) is 8.42 Å². The molecule has 0 saturated carbocycles. The number of sulfone groups is 1. The highest BCUT2D eigenvalue weighted by Crippen LogP contribution is 2.66. The molecule has 0 radical (unpaired) electrons. The van der Waals surface area contributed by atoms with Crippen molar-refractivity contribution in [3.8, 4) is 0 Å². The molecule has 0 aromatic heterocycles. The Morgan fingerprint density at radius 1 is 0.211 bits per heavy atom. The van der Waals surface area contributed by atoms with Crippen LogP contribution in [0.25, 0.3) is 0 Å². The third kappa shape index (κ3) is 8.79. The number of hydrogen-bond donors (Lipinski definition) is 0. The lowest BCUT2D eigenvalue weighted by Gasteiger charge is -2.51. The lowest BCUT2D eigenvalue weighted by molar-refractivity contribution is 0.103. The van der Waals surface area contributed by atoms with E-state index in [1.807, 2.05) is 60.7 Å². The molecular weight excluding hydrogens is 1180 g/mol. The van der Waals surface area contributed by atoms with Gasteiger partial charge in [-0.3, -0.25) is 4.79 Å². The summed E-state index contributed by atoms with van der Waals surface area (Å²) >= 11 is 0. The van der Waals surface area contributed by atoms with E-state index in [0.29, 0.717) is 11.1 Å². The van der Waals surface area contributed by atoms with Gasteiger partial charge in [-0.15, -0.1) is 0 Å². The van der Waals surface area contributed by atoms with Crippen LogP contribution in [0.2, 0.25) is 0 Å². The molecule has 4 aliphatic rings. The number of ketones is 1. The number of fused-ring (bicyclic) bond motifs is 16. The monoisotopic (exact) mass is 1240 g/mol. The van der Waals surface area contributed by atoms with Crippen LogP contribution in [0.15, 0.2) is 374 Å². The van der Waals surface area contributed by atoms with Gasteiger partial charge in [0.05, 0.1) is 66.1 Å². The molecule has 0 atom stereocenters. The molecule has 7 nitrogen and oxygen atoms in total. The Morgan fingerprint density at radius 2 is 0.411 bits per heavy atom.